The minimum absolute atomic E-state index is 0.0927. The van der Waals surface area contributed by atoms with Crippen LogP contribution in [-0.4, -0.2) is 69.7 Å². The summed E-state index contributed by atoms with van der Waals surface area (Å²) in [5.41, 5.74) is 5.52. The van der Waals surface area contributed by atoms with E-state index >= 15 is 0 Å². The van der Waals surface area contributed by atoms with E-state index in [0.29, 0.717) is 5.56 Å². The highest BCUT2D eigenvalue weighted by Gasteiger charge is 2.39. The van der Waals surface area contributed by atoms with Crippen molar-refractivity contribution in [3.8, 4) is 17.2 Å². The number of aliphatic hydroxyl groups is 1. The summed E-state index contributed by atoms with van der Waals surface area (Å²) in [6.07, 6.45) is 5.12. The summed E-state index contributed by atoms with van der Waals surface area (Å²) in [6, 6.07) is 10.6. The molecule has 0 spiro atoms. The highest BCUT2D eigenvalue weighted by atomic mass is 32.1. The first-order valence-corrected chi connectivity index (χ1v) is 14.1. The average Bonchev–Trinajstić information content (AvgIpc) is 3.65. The van der Waals surface area contributed by atoms with Crippen LogP contribution in [0.4, 0.5) is 5.69 Å². The quantitative estimate of drug-likeness (QED) is 0.316. The molecule has 2 atom stereocenters. The van der Waals surface area contributed by atoms with Crippen molar-refractivity contribution in [2.75, 3.05) is 24.6 Å². The first-order valence-electron chi connectivity index (χ1n) is 13.3. The number of nitrogens with zero attached hydrogens (tertiary/aromatic N) is 4. The van der Waals surface area contributed by atoms with Gasteiger partial charge in [-0.2, -0.15) is 5.26 Å². The van der Waals surface area contributed by atoms with Crippen molar-refractivity contribution >= 4 is 45.5 Å². The van der Waals surface area contributed by atoms with Crippen LogP contribution in [-0.2, 0) is 27.3 Å². The smallest absolute Gasteiger partial charge is 0.290 e. The molecular formula is C29H31N5O5S. The number of carboxylic acid groups (broad SMARTS) is 1. The maximum atomic E-state index is 12.2. The summed E-state index contributed by atoms with van der Waals surface area (Å²) in [6.45, 7) is 3.89. The molecule has 0 aliphatic carbocycles. The van der Waals surface area contributed by atoms with Gasteiger partial charge in [0, 0.05) is 65.4 Å². The molecule has 3 N–H and O–H groups in total. The van der Waals surface area contributed by atoms with Crippen molar-refractivity contribution in [3.05, 3.63) is 46.5 Å². The fourth-order valence-corrected chi connectivity index (χ4v) is 7.14. The number of hydrogen-bond acceptors (Lipinski definition) is 9. The van der Waals surface area contributed by atoms with Gasteiger partial charge in [-0.3, -0.25) is 24.3 Å². The Bertz CT molecular complexity index is 1500. The molecule has 0 bridgehead atoms. The third-order valence-electron chi connectivity index (χ3n) is 7.91. The van der Waals surface area contributed by atoms with Crippen molar-refractivity contribution in [1.82, 2.24) is 15.2 Å². The molecule has 6 rings (SSSR count). The maximum absolute atomic E-state index is 12.2. The van der Waals surface area contributed by atoms with Crippen LogP contribution in [0.5, 0.6) is 0 Å². The normalized spacial score (nSPS) is 22.2. The molecule has 3 aliphatic rings. The van der Waals surface area contributed by atoms with Gasteiger partial charge in [0.25, 0.3) is 6.47 Å². The number of benzene rings is 1. The Morgan fingerprint density at radius 1 is 1.23 bits per heavy atom. The number of nitriles is 1. The van der Waals surface area contributed by atoms with Gasteiger partial charge < -0.3 is 20.4 Å². The molecule has 10 nitrogen and oxygen atoms in total. The Kier molecular flexibility index (Phi) is 7.85. The van der Waals surface area contributed by atoms with Crippen LogP contribution in [0.2, 0.25) is 0 Å². The number of anilines is 1. The third-order valence-corrected chi connectivity index (χ3v) is 9.05. The lowest BCUT2D eigenvalue weighted by molar-refractivity contribution is -0.139. The van der Waals surface area contributed by atoms with Gasteiger partial charge >= 0.3 is 0 Å². The van der Waals surface area contributed by atoms with Crippen molar-refractivity contribution in [2.24, 2.45) is 0 Å². The monoisotopic (exact) mass is 561 g/mol. The summed E-state index contributed by atoms with van der Waals surface area (Å²) >= 11 is 1.56. The Labute approximate surface area is 235 Å². The predicted octanol–water partition coefficient (Wildman–Crippen LogP) is 3.05. The molecule has 2 fully saturated rings. The molecule has 2 aromatic heterocycles. The van der Waals surface area contributed by atoms with E-state index in [4.69, 9.17) is 9.90 Å². The SMILES string of the molecule is C[C@]1(CO)C[C@H](N2CCCc3cc(C#N)cc(-c4ccnc5cc(CN6C(=O)CCC6=O)sc45)c32)CN1.O=CO. The molecule has 40 heavy (non-hydrogen) atoms. The zero-order valence-corrected chi connectivity index (χ0v) is 23.0. The van der Waals surface area contributed by atoms with Crippen LogP contribution < -0.4 is 10.2 Å². The van der Waals surface area contributed by atoms with E-state index in [1.54, 1.807) is 17.5 Å². The largest absolute Gasteiger partial charge is 0.483 e. The fourth-order valence-electron chi connectivity index (χ4n) is 6.01. The number of aliphatic hydroxyl groups excluding tert-OH is 1. The number of aryl methyl sites for hydroxylation is 1. The lowest BCUT2D eigenvalue weighted by Crippen LogP contribution is -2.41. The molecule has 0 unspecified atom stereocenters. The summed E-state index contributed by atoms with van der Waals surface area (Å²) < 4.78 is 0.990. The molecule has 208 valence electrons. The predicted molar refractivity (Wildman–Crippen MR) is 151 cm³/mol. The number of thiophene rings is 1. The van der Waals surface area contributed by atoms with Crippen LogP contribution in [0.3, 0.4) is 0 Å². The van der Waals surface area contributed by atoms with E-state index in [2.05, 4.69) is 28.2 Å². The number of carbonyl (C=O) groups excluding carboxylic acids is 2. The van der Waals surface area contributed by atoms with Gasteiger partial charge in [0.1, 0.15) is 0 Å². The van der Waals surface area contributed by atoms with E-state index in [9.17, 15) is 20.0 Å². The molecular weight excluding hydrogens is 530 g/mol. The summed E-state index contributed by atoms with van der Waals surface area (Å²) in [5, 5.41) is 30.2. The number of nitrogens with one attached hydrogen (secondary N) is 1. The molecule has 3 aliphatic heterocycles. The minimum Gasteiger partial charge on any atom is -0.483 e. The van der Waals surface area contributed by atoms with Gasteiger partial charge in [-0.15, -0.1) is 11.3 Å². The Hall–Kier alpha value is -3.85. The first kappa shape index (κ1) is 27.7. The summed E-state index contributed by atoms with van der Waals surface area (Å²) in [4.78, 5) is 42.1. The Balaban J connectivity index is 0.00000103. The summed E-state index contributed by atoms with van der Waals surface area (Å²) in [5.74, 6) is -0.246. The zero-order chi connectivity index (χ0) is 28.4. The van der Waals surface area contributed by atoms with Gasteiger partial charge in [-0.1, -0.05) is 0 Å². The second-order valence-corrected chi connectivity index (χ2v) is 11.8. The highest BCUT2D eigenvalue weighted by molar-refractivity contribution is 7.19. The van der Waals surface area contributed by atoms with Gasteiger partial charge in [0.05, 0.1) is 35.0 Å². The van der Waals surface area contributed by atoms with Crippen LogP contribution in [0.1, 0.15) is 48.6 Å². The second kappa shape index (κ2) is 11.3. The lowest BCUT2D eigenvalue weighted by Gasteiger charge is -2.38. The van der Waals surface area contributed by atoms with E-state index in [-0.39, 0.29) is 55.9 Å². The molecule has 1 aromatic carbocycles. The van der Waals surface area contributed by atoms with Crippen LogP contribution in [0, 0.1) is 11.3 Å². The Morgan fingerprint density at radius 2 is 1.98 bits per heavy atom. The lowest BCUT2D eigenvalue weighted by atomic mass is 9.89. The zero-order valence-electron chi connectivity index (χ0n) is 22.2. The molecule has 3 aromatic rings. The molecule has 2 amide bonds. The van der Waals surface area contributed by atoms with Gasteiger partial charge in [0.2, 0.25) is 11.8 Å². The van der Waals surface area contributed by atoms with Crippen LogP contribution in [0.25, 0.3) is 21.3 Å². The fraction of sp³-hybridized carbons (Fsp3) is 0.414. The van der Waals surface area contributed by atoms with Crippen LogP contribution >= 0.6 is 11.3 Å². The van der Waals surface area contributed by atoms with E-state index in [1.807, 2.05) is 24.3 Å². The standard InChI is InChI=1S/C28H29N5O3S.CH2O2/c1-28(16-34)12-19(14-31-28)32-8-2-3-18-9-17(13-29)10-22(26(18)32)21-6-7-30-23-11-20(37-27(21)23)15-33-24(35)4-5-25(33)36;2-1-3/h6-7,9-11,19,31,34H,2-5,8,12,14-16H2,1H3;1H,(H,2,3)/t19-,28+;/m0./s1. The topological polar surface area (TPSA) is 147 Å². The second-order valence-electron chi connectivity index (χ2n) is 10.7. The molecule has 11 heteroatoms. The number of fused-ring (bicyclic) bond motifs is 2. The number of amides is 2. The Morgan fingerprint density at radius 3 is 2.65 bits per heavy atom. The number of pyridine rings is 1. The van der Waals surface area contributed by atoms with Crippen LogP contribution in [0.15, 0.2) is 30.5 Å². The van der Waals surface area contributed by atoms with Gasteiger partial charge in [-0.25, -0.2) is 0 Å². The number of hydrogen-bond donors (Lipinski definition) is 3. The van der Waals surface area contributed by atoms with Crippen molar-refractivity contribution in [1.29, 1.82) is 5.26 Å². The van der Waals surface area contributed by atoms with E-state index in [0.717, 1.165) is 64.3 Å². The maximum Gasteiger partial charge on any atom is 0.290 e. The molecule has 5 heterocycles. The number of aromatic nitrogens is 1. The number of carbonyl (C=O) groups is 3. The van der Waals surface area contributed by atoms with Crippen molar-refractivity contribution < 1.29 is 24.6 Å². The number of rotatable bonds is 5. The third kappa shape index (κ3) is 5.18. The molecule has 0 saturated carbocycles. The minimum atomic E-state index is -0.300. The van der Waals surface area contributed by atoms with Gasteiger partial charge in [0.15, 0.2) is 0 Å². The summed E-state index contributed by atoms with van der Waals surface area (Å²) in [7, 11) is 0. The number of imide groups is 1. The number of likely N-dealkylation sites (tertiary alicyclic amines) is 1. The van der Waals surface area contributed by atoms with Crippen molar-refractivity contribution in [3.63, 3.8) is 0 Å². The molecule has 2 saturated heterocycles. The molecule has 0 radical (unpaired) electrons. The van der Waals surface area contributed by atoms with Gasteiger partial charge in [-0.05, 0) is 56.0 Å². The first-order chi connectivity index (χ1) is 19.3. The highest BCUT2D eigenvalue weighted by Crippen LogP contribution is 2.44. The average molecular weight is 562 g/mol. The van der Waals surface area contributed by atoms with E-state index < -0.39 is 0 Å². The van der Waals surface area contributed by atoms with E-state index in [1.165, 1.54) is 10.5 Å². The van der Waals surface area contributed by atoms with Crippen molar-refractivity contribution in [2.45, 2.75) is 57.2 Å².